The first kappa shape index (κ1) is 13.9. The lowest BCUT2D eigenvalue weighted by Gasteiger charge is -2.40. The first-order valence-electron chi connectivity index (χ1n) is 7.04. The lowest BCUT2D eigenvalue weighted by molar-refractivity contribution is 0.103. The zero-order chi connectivity index (χ0) is 13.1. The molecule has 1 aliphatic rings. The number of likely N-dealkylation sites (tertiary alicyclic amines) is 1. The Morgan fingerprint density at radius 2 is 1.72 bits per heavy atom. The summed E-state index contributed by atoms with van der Waals surface area (Å²) >= 11 is 6.58. The first-order valence-corrected chi connectivity index (χ1v) is 7.48. The predicted molar refractivity (Wildman–Crippen MR) is 79.3 cm³/mol. The fraction of sp³-hybridized carbons (Fsp3) is 0.625. The van der Waals surface area contributed by atoms with Gasteiger partial charge in [0.05, 0.1) is 5.38 Å². The predicted octanol–water partition coefficient (Wildman–Crippen LogP) is 4.54. The summed E-state index contributed by atoms with van der Waals surface area (Å²) in [5, 5.41) is 0.105. The van der Waals surface area contributed by atoms with Gasteiger partial charge in [0.25, 0.3) is 0 Å². The van der Waals surface area contributed by atoms with Crippen molar-refractivity contribution in [1.82, 2.24) is 4.90 Å². The van der Waals surface area contributed by atoms with E-state index in [2.05, 4.69) is 49.9 Å². The van der Waals surface area contributed by atoms with Crippen LogP contribution in [0.1, 0.15) is 49.6 Å². The quantitative estimate of drug-likeness (QED) is 0.726. The highest BCUT2D eigenvalue weighted by Crippen LogP contribution is 2.28. The molecule has 0 bridgehead atoms. The molecule has 0 spiro atoms. The van der Waals surface area contributed by atoms with Crippen LogP contribution < -0.4 is 0 Å². The van der Waals surface area contributed by atoms with Crippen LogP contribution in [0.3, 0.4) is 0 Å². The van der Waals surface area contributed by atoms with E-state index in [0.29, 0.717) is 12.1 Å². The van der Waals surface area contributed by atoms with Crippen LogP contribution in [0.4, 0.5) is 0 Å². The summed E-state index contributed by atoms with van der Waals surface area (Å²) in [6.45, 7) is 7.73. The van der Waals surface area contributed by atoms with E-state index in [1.807, 2.05) is 0 Å². The molecule has 2 heteroatoms. The molecule has 0 aliphatic carbocycles. The summed E-state index contributed by atoms with van der Waals surface area (Å²) in [6, 6.07) is 9.95. The Morgan fingerprint density at radius 1 is 1.17 bits per heavy atom. The molecule has 1 aromatic carbocycles. The third-order valence-electron chi connectivity index (χ3n) is 4.19. The highest BCUT2D eigenvalue weighted by atomic mass is 35.5. The molecule has 1 fully saturated rings. The van der Waals surface area contributed by atoms with E-state index in [1.54, 1.807) is 0 Å². The Kier molecular flexibility index (Phi) is 4.69. The van der Waals surface area contributed by atoms with Gasteiger partial charge in [-0.15, -0.1) is 11.6 Å². The van der Waals surface area contributed by atoms with Crippen molar-refractivity contribution in [3.05, 3.63) is 35.4 Å². The number of piperidine rings is 1. The molecule has 0 N–H and O–H groups in total. The molecule has 0 saturated carbocycles. The Labute approximate surface area is 116 Å². The van der Waals surface area contributed by atoms with Crippen LogP contribution in [-0.2, 0) is 0 Å². The van der Waals surface area contributed by atoms with Gasteiger partial charge in [0.2, 0.25) is 0 Å². The summed E-state index contributed by atoms with van der Waals surface area (Å²) in [5.74, 6) is 0. The van der Waals surface area contributed by atoms with Crippen molar-refractivity contribution in [3.63, 3.8) is 0 Å². The second kappa shape index (κ2) is 6.08. The van der Waals surface area contributed by atoms with Crippen molar-refractivity contribution >= 4 is 11.6 Å². The van der Waals surface area contributed by atoms with Gasteiger partial charge in [-0.25, -0.2) is 0 Å². The van der Waals surface area contributed by atoms with Gasteiger partial charge in [-0.2, -0.15) is 0 Å². The molecule has 3 unspecified atom stereocenters. The summed E-state index contributed by atoms with van der Waals surface area (Å²) in [6.07, 6.45) is 3.97. The van der Waals surface area contributed by atoms with Crippen LogP contribution >= 0.6 is 11.6 Å². The lowest BCUT2D eigenvalue weighted by Crippen LogP contribution is -2.45. The molecule has 0 radical (unpaired) electrons. The Bertz CT molecular complexity index is 363. The van der Waals surface area contributed by atoms with Crippen molar-refractivity contribution in [2.24, 2.45) is 0 Å². The topological polar surface area (TPSA) is 3.24 Å². The maximum absolute atomic E-state index is 6.58. The second-order valence-corrected chi connectivity index (χ2v) is 6.23. The van der Waals surface area contributed by atoms with Crippen molar-refractivity contribution in [3.8, 4) is 0 Å². The third kappa shape index (κ3) is 3.27. The number of rotatable bonds is 3. The smallest absolute Gasteiger partial charge is 0.0712 e. The standard InChI is InChI=1S/C16H24ClN/c1-12-7-9-15(10-8-12)16(17)11-18-13(2)5-4-6-14(18)3/h7-10,13-14,16H,4-6,11H2,1-3H3. The number of halogens is 1. The Balaban J connectivity index is 2.01. The summed E-state index contributed by atoms with van der Waals surface area (Å²) in [4.78, 5) is 2.57. The second-order valence-electron chi connectivity index (χ2n) is 5.70. The summed E-state index contributed by atoms with van der Waals surface area (Å²) < 4.78 is 0. The zero-order valence-corrected chi connectivity index (χ0v) is 12.5. The molecule has 0 amide bonds. The summed E-state index contributed by atoms with van der Waals surface area (Å²) in [5.41, 5.74) is 2.54. The fourth-order valence-corrected chi connectivity index (χ4v) is 3.21. The van der Waals surface area contributed by atoms with Crippen molar-refractivity contribution in [1.29, 1.82) is 0 Å². The van der Waals surface area contributed by atoms with Crippen LogP contribution in [0.15, 0.2) is 24.3 Å². The van der Waals surface area contributed by atoms with Crippen LogP contribution in [0.25, 0.3) is 0 Å². The maximum atomic E-state index is 6.58. The van der Waals surface area contributed by atoms with Gasteiger partial charge in [-0.1, -0.05) is 36.2 Å². The van der Waals surface area contributed by atoms with E-state index >= 15 is 0 Å². The highest BCUT2D eigenvalue weighted by molar-refractivity contribution is 6.21. The zero-order valence-electron chi connectivity index (χ0n) is 11.7. The molecule has 100 valence electrons. The number of aryl methyl sites for hydroxylation is 1. The van der Waals surface area contributed by atoms with Crippen molar-refractivity contribution in [2.45, 2.75) is 57.5 Å². The van der Waals surface area contributed by atoms with Gasteiger partial charge in [0.1, 0.15) is 0 Å². The normalized spacial score (nSPS) is 27.1. The average Bonchev–Trinajstić information content (AvgIpc) is 2.34. The molecule has 0 aromatic heterocycles. The highest BCUT2D eigenvalue weighted by Gasteiger charge is 2.26. The van der Waals surface area contributed by atoms with E-state index < -0.39 is 0 Å². The minimum atomic E-state index is 0.105. The van der Waals surface area contributed by atoms with Gasteiger partial charge in [-0.05, 0) is 39.2 Å². The Morgan fingerprint density at radius 3 is 2.28 bits per heavy atom. The molecular weight excluding hydrogens is 242 g/mol. The molecule has 2 rings (SSSR count). The summed E-state index contributed by atoms with van der Waals surface area (Å²) in [7, 11) is 0. The van der Waals surface area contributed by atoms with Crippen molar-refractivity contribution in [2.75, 3.05) is 6.54 Å². The molecule has 1 aliphatic heterocycles. The fourth-order valence-electron chi connectivity index (χ4n) is 2.90. The molecule has 1 aromatic rings. The van der Waals surface area contributed by atoms with Crippen LogP contribution in [0.5, 0.6) is 0 Å². The minimum Gasteiger partial charge on any atom is -0.296 e. The van der Waals surface area contributed by atoms with Gasteiger partial charge < -0.3 is 0 Å². The number of hydrogen-bond acceptors (Lipinski definition) is 1. The average molecular weight is 266 g/mol. The van der Waals surface area contributed by atoms with Crippen LogP contribution in [0, 0.1) is 6.92 Å². The lowest BCUT2D eigenvalue weighted by atomic mass is 9.96. The van der Waals surface area contributed by atoms with Gasteiger partial charge in [0, 0.05) is 18.6 Å². The van der Waals surface area contributed by atoms with Crippen LogP contribution in [0.2, 0.25) is 0 Å². The molecule has 18 heavy (non-hydrogen) atoms. The van der Waals surface area contributed by atoms with E-state index in [9.17, 15) is 0 Å². The SMILES string of the molecule is Cc1ccc(C(Cl)CN2C(C)CCCC2C)cc1. The van der Waals surface area contributed by atoms with Gasteiger partial charge in [-0.3, -0.25) is 4.90 Å². The monoisotopic (exact) mass is 265 g/mol. The minimum absolute atomic E-state index is 0.105. The largest absolute Gasteiger partial charge is 0.296 e. The first-order chi connectivity index (χ1) is 8.58. The van der Waals surface area contributed by atoms with E-state index in [0.717, 1.165) is 6.54 Å². The van der Waals surface area contributed by atoms with Gasteiger partial charge >= 0.3 is 0 Å². The number of hydrogen-bond donors (Lipinski definition) is 0. The van der Waals surface area contributed by atoms with Crippen molar-refractivity contribution < 1.29 is 0 Å². The number of benzene rings is 1. The molecule has 3 atom stereocenters. The third-order valence-corrected chi connectivity index (χ3v) is 4.58. The Hall–Kier alpha value is -0.530. The molecule has 1 heterocycles. The van der Waals surface area contributed by atoms with E-state index in [-0.39, 0.29) is 5.38 Å². The molecule has 1 nitrogen and oxygen atoms in total. The molecule has 1 saturated heterocycles. The number of alkyl halides is 1. The van der Waals surface area contributed by atoms with E-state index in [4.69, 9.17) is 11.6 Å². The molecular formula is C16H24ClN. The van der Waals surface area contributed by atoms with Crippen LogP contribution in [-0.4, -0.2) is 23.5 Å². The number of nitrogens with zero attached hydrogens (tertiary/aromatic N) is 1. The van der Waals surface area contributed by atoms with E-state index in [1.165, 1.54) is 30.4 Å². The van der Waals surface area contributed by atoms with Gasteiger partial charge in [0.15, 0.2) is 0 Å². The maximum Gasteiger partial charge on any atom is 0.0712 e.